The Morgan fingerprint density at radius 2 is 1.92 bits per heavy atom. The first-order chi connectivity index (χ1) is 12.1. The zero-order valence-corrected chi connectivity index (χ0v) is 16.3. The molecule has 0 aliphatic rings. The maximum absolute atomic E-state index is 12.7. The van der Waals surface area contributed by atoms with Crippen LogP contribution in [-0.2, 0) is 9.53 Å². The average Bonchev–Trinajstić information content (AvgIpc) is 2.96. The third-order valence-corrected chi connectivity index (χ3v) is 3.79. The Kier molecular flexibility index (Phi) is 5.95. The largest absolute Gasteiger partial charge is 0.496 e. The van der Waals surface area contributed by atoms with Gasteiger partial charge in [-0.3, -0.25) is 4.79 Å². The molecule has 0 aliphatic carbocycles. The molecule has 0 aliphatic heterocycles. The molecule has 1 aromatic heterocycles. The maximum Gasteiger partial charge on any atom is 0.329 e. The second-order valence-electron chi connectivity index (χ2n) is 7.79. The van der Waals surface area contributed by atoms with E-state index in [1.165, 1.54) is 0 Å². The van der Waals surface area contributed by atoms with Gasteiger partial charge in [-0.05, 0) is 51.3 Å². The number of carbonyl (C=O) groups is 2. The summed E-state index contributed by atoms with van der Waals surface area (Å²) >= 11 is 0. The molecule has 1 atom stereocenters. The van der Waals surface area contributed by atoms with Gasteiger partial charge in [-0.1, -0.05) is 19.9 Å². The van der Waals surface area contributed by atoms with Crippen molar-refractivity contribution >= 4 is 22.8 Å². The van der Waals surface area contributed by atoms with Crippen molar-refractivity contribution in [1.29, 1.82) is 0 Å². The molecule has 0 saturated carbocycles. The van der Waals surface area contributed by atoms with E-state index in [-0.39, 0.29) is 11.8 Å². The van der Waals surface area contributed by atoms with Crippen molar-refractivity contribution in [3.05, 3.63) is 30.0 Å². The number of ether oxygens (including phenoxy) is 2. The maximum atomic E-state index is 12.7. The molecule has 26 heavy (non-hydrogen) atoms. The van der Waals surface area contributed by atoms with Crippen LogP contribution in [0.1, 0.15) is 51.5 Å². The van der Waals surface area contributed by atoms with Gasteiger partial charge in [0.2, 0.25) is 0 Å². The molecular weight excluding hydrogens is 332 g/mol. The van der Waals surface area contributed by atoms with Gasteiger partial charge >= 0.3 is 5.97 Å². The van der Waals surface area contributed by atoms with Crippen LogP contribution in [0.15, 0.2) is 24.3 Å². The highest BCUT2D eigenvalue weighted by Crippen LogP contribution is 2.26. The summed E-state index contributed by atoms with van der Waals surface area (Å²) in [5.41, 5.74) is 0.569. The standard InChI is InChI=1S/C20H28N2O4/c1-12(2)10-16(19(24)26-20(3,4)5)22-18(23)15-11-13-14(21-15)8-7-9-17(13)25-6/h7-9,11-12,16,21H,10H2,1-6H3,(H,22,23)/t16-/m0/s1. The van der Waals surface area contributed by atoms with Crippen LogP contribution in [0.5, 0.6) is 5.75 Å². The van der Waals surface area contributed by atoms with Crippen LogP contribution in [0.4, 0.5) is 0 Å². The van der Waals surface area contributed by atoms with Crippen molar-refractivity contribution in [3.8, 4) is 5.75 Å². The van der Waals surface area contributed by atoms with Gasteiger partial charge in [0.15, 0.2) is 0 Å². The number of hydrogen-bond donors (Lipinski definition) is 2. The molecule has 1 aromatic carbocycles. The third kappa shape index (κ3) is 5.00. The lowest BCUT2D eigenvalue weighted by Gasteiger charge is -2.25. The zero-order valence-electron chi connectivity index (χ0n) is 16.3. The molecule has 2 aromatic rings. The summed E-state index contributed by atoms with van der Waals surface area (Å²) in [6, 6.07) is 6.58. The minimum absolute atomic E-state index is 0.232. The number of benzene rings is 1. The van der Waals surface area contributed by atoms with Crippen molar-refractivity contribution < 1.29 is 19.1 Å². The molecule has 0 saturated heterocycles. The van der Waals surface area contributed by atoms with E-state index < -0.39 is 17.6 Å². The normalized spacial score (nSPS) is 12.9. The van der Waals surface area contributed by atoms with E-state index in [0.29, 0.717) is 17.9 Å². The summed E-state index contributed by atoms with van der Waals surface area (Å²) in [4.78, 5) is 28.2. The minimum atomic E-state index is -0.699. The van der Waals surface area contributed by atoms with E-state index in [1.54, 1.807) is 13.2 Å². The molecule has 1 amide bonds. The number of methoxy groups -OCH3 is 1. The van der Waals surface area contributed by atoms with E-state index in [2.05, 4.69) is 10.3 Å². The Hall–Kier alpha value is -2.50. The first-order valence-corrected chi connectivity index (χ1v) is 8.80. The smallest absolute Gasteiger partial charge is 0.329 e. The van der Waals surface area contributed by atoms with Crippen LogP contribution >= 0.6 is 0 Å². The van der Waals surface area contributed by atoms with Gasteiger partial charge in [-0.15, -0.1) is 0 Å². The summed E-state index contributed by atoms with van der Waals surface area (Å²) in [6.45, 7) is 9.42. The number of carbonyl (C=O) groups excluding carboxylic acids is 2. The minimum Gasteiger partial charge on any atom is -0.496 e. The highest BCUT2D eigenvalue weighted by atomic mass is 16.6. The lowest BCUT2D eigenvalue weighted by atomic mass is 10.0. The number of hydrogen-bond acceptors (Lipinski definition) is 4. The fraction of sp³-hybridized carbons (Fsp3) is 0.500. The van der Waals surface area contributed by atoms with Gasteiger partial charge < -0.3 is 19.8 Å². The third-order valence-electron chi connectivity index (χ3n) is 3.79. The lowest BCUT2D eigenvalue weighted by molar-refractivity contribution is -0.157. The Labute approximate surface area is 154 Å². The topological polar surface area (TPSA) is 80.4 Å². The van der Waals surface area contributed by atoms with E-state index >= 15 is 0 Å². The summed E-state index contributed by atoms with van der Waals surface area (Å²) < 4.78 is 10.8. The van der Waals surface area contributed by atoms with Crippen LogP contribution < -0.4 is 10.1 Å². The van der Waals surface area contributed by atoms with Crippen LogP contribution in [0.25, 0.3) is 10.9 Å². The van der Waals surface area contributed by atoms with E-state index in [4.69, 9.17) is 9.47 Å². The molecule has 2 N–H and O–H groups in total. The average molecular weight is 360 g/mol. The number of fused-ring (bicyclic) bond motifs is 1. The summed E-state index contributed by atoms with van der Waals surface area (Å²) in [6.07, 6.45) is 0.504. The molecule has 142 valence electrons. The Morgan fingerprint density at radius 3 is 2.50 bits per heavy atom. The van der Waals surface area contributed by atoms with Crippen molar-refractivity contribution in [2.75, 3.05) is 7.11 Å². The molecular formula is C20H28N2O4. The molecule has 6 heteroatoms. The second-order valence-corrected chi connectivity index (χ2v) is 7.79. The Bertz CT molecular complexity index is 787. The number of H-pyrrole nitrogens is 1. The first kappa shape index (κ1) is 19.8. The number of aromatic amines is 1. The van der Waals surface area contributed by atoms with Gasteiger partial charge in [-0.2, -0.15) is 0 Å². The number of nitrogens with one attached hydrogen (secondary N) is 2. The lowest BCUT2D eigenvalue weighted by Crippen LogP contribution is -2.45. The molecule has 6 nitrogen and oxygen atoms in total. The van der Waals surface area contributed by atoms with Gasteiger partial charge in [0.1, 0.15) is 23.1 Å². The Balaban J connectivity index is 2.22. The monoisotopic (exact) mass is 360 g/mol. The van der Waals surface area contributed by atoms with Crippen molar-refractivity contribution in [2.45, 2.75) is 52.7 Å². The predicted molar refractivity (Wildman–Crippen MR) is 101 cm³/mol. The van der Waals surface area contributed by atoms with E-state index in [9.17, 15) is 9.59 Å². The van der Waals surface area contributed by atoms with E-state index in [0.717, 1.165) is 10.9 Å². The quantitative estimate of drug-likeness (QED) is 0.771. The number of amides is 1. The second kappa shape index (κ2) is 7.81. The van der Waals surface area contributed by atoms with Crippen LogP contribution in [0, 0.1) is 5.92 Å². The molecule has 0 bridgehead atoms. The number of esters is 1. The van der Waals surface area contributed by atoms with Gasteiger partial charge in [0.05, 0.1) is 7.11 Å². The van der Waals surface area contributed by atoms with Crippen molar-refractivity contribution in [2.24, 2.45) is 5.92 Å². The van der Waals surface area contributed by atoms with Gasteiger partial charge in [0.25, 0.3) is 5.91 Å². The summed E-state index contributed by atoms with van der Waals surface area (Å²) in [7, 11) is 1.59. The zero-order chi connectivity index (χ0) is 19.5. The van der Waals surface area contributed by atoms with Crippen LogP contribution in [-0.4, -0.2) is 35.6 Å². The highest BCUT2D eigenvalue weighted by molar-refractivity contribution is 6.01. The van der Waals surface area contributed by atoms with Crippen molar-refractivity contribution in [1.82, 2.24) is 10.3 Å². The number of rotatable bonds is 6. The van der Waals surface area contributed by atoms with Gasteiger partial charge in [0, 0.05) is 10.9 Å². The van der Waals surface area contributed by atoms with Gasteiger partial charge in [-0.25, -0.2) is 4.79 Å². The fourth-order valence-corrected chi connectivity index (χ4v) is 2.72. The van der Waals surface area contributed by atoms with Crippen LogP contribution in [0.2, 0.25) is 0 Å². The first-order valence-electron chi connectivity index (χ1n) is 8.80. The molecule has 0 spiro atoms. The Morgan fingerprint density at radius 1 is 1.23 bits per heavy atom. The number of aromatic nitrogens is 1. The molecule has 0 unspecified atom stereocenters. The summed E-state index contributed by atoms with van der Waals surface area (Å²) in [5, 5.41) is 3.62. The molecule has 1 heterocycles. The molecule has 0 fully saturated rings. The molecule has 0 radical (unpaired) electrons. The van der Waals surface area contributed by atoms with E-state index in [1.807, 2.05) is 52.8 Å². The highest BCUT2D eigenvalue weighted by Gasteiger charge is 2.28. The van der Waals surface area contributed by atoms with Crippen LogP contribution in [0.3, 0.4) is 0 Å². The SMILES string of the molecule is COc1cccc2[nH]c(C(=O)N[C@@H](CC(C)C)C(=O)OC(C)(C)C)cc12. The molecule has 2 rings (SSSR count). The fourth-order valence-electron chi connectivity index (χ4n) is 2.72. The summed E-state index contributed by atoms with van der Waals surface area (Å²) in [5.74, 6) is 0.146. The van der Waals surface area contributed by atoms with Crippen molar-refractivity contribution in [3.63, 3.8) is 0 Å². The predicted octanol–water partition coefficient (Wildman–Crippen LogP) is 3.66.